The predicted molar refractivity (Wildman–Crippen MR) is 75.9 cm³/mol. The molecule has 0 unspecified atom stereocenters. The van der Waals surface area contributed by atoms with Crippen LogP contribution in [-0.2, 0) is 0 Å². The van der Waals surface area contributed by atoms with Gasteiger partial charge in [-0.3, -0.25) is 4.79 Å². The van der Waals surface area contributed by atoms with Gasteiger partial charge in [0.1, 0.15) is 31.0 Å². The fraction of sp³-hybridized carbons (Fsp3) is 0.533. The van der Waals surface area contributed by atoms with Gasteiger partial charge in [-0.25, -0.2) is 0 Å². The van der Waals surface area contributed by atoms with Crippen molar-refractivity contribution in [2.75, 3.05) is 19.8 Å². The summed E-state index contributed by atoms with van der Waals surface area (Å²) in [6.07, 6.45) is 0.202. The van der Waals surface area contributed by atoms with Gasteiger partial charge in [0.25, 0.3) is 0 Å². The van der Waals surface area contributed by atoms with E-state index in [9.17, 15) is 9.90 Å². The zero-order valence-electron chi connectivity index (χ0n) is 12.1. The quantitative estimate of drug-likeness (QED) is 0.555. The van der Waals surface area contributed by atoms with Crippen molar-refractivity contribution in [1.29, 1.82) is 0 Å². The number of ketones is 1. The molecule has 0 bridgehead atoms. The van der Waals surface area contributed by atoms with Crippen LogP contribution in [0.2, 0.25) is 0 Å². The summed E-state index contributed by atoms with van der Waals surface area (Å²) >= 11 is 0. The Morgan fingerprint density at radius 2 is 2.10 bits per heavy atom. The fourth-order valence-electron chi connectivity index (χ4n) is 1.86. The molecule has 1 aromatic carbocycles. The van der Waals surface area contributed by atoms with E-state index in [1.165, 1.54) is 6.92 Å². The van der Waals surface area contributed by atoms with Gasteiger partial charge in [0.05, 0.1) is 12.2 Å². The second kappa shape index (κ2) is 8.68. The fourth-order valence-corrected chi connectivity index (χ4v) is 1.86. The molecule has 0 amide bonds. The number of Topliss-reactive ketones (excluding diaryl/α,β-unsaturated/α-hetero) is 1. The average molecular weight is 282 g/mol. The maximum absolute atomic E-state index is 11.4. The van der Waals surface area contributed by atoms with Gasteiger partial charge < -0.3 is 20.3 Å². The highest BCUT2D eigenvalue weighted by atomic mass is 16.5. The van der Waals surface area contributed by atoms with Gasteiger partial charge >= 0.3 is 0 Å². The third-order valence-electron chi connectivity index (χ3n) is 3.20. The molecular weight excluding hydrogens is 258 g/mol. The Kier molecular flexibility index (Phi) is 7.22. The van der Waals surface area contributed by atoms with Gasteiger partial charge in [-0.2, -0.15) is 0 Å². The standard InChI is InChI=1S/C15H23NO4/c1-3-12(9-17)16-8-13(19)10-20-15-7-5-4-6-14(15)11(2)18/h4-7,12-13,16-17,19H,3,8-10H2,1-2H3/p+1/t12-,13-/m0/s1. The van der Waals surface area contributed by atoms with Crippen LogP contribution in [0.4, 0.5) is 0 Å². The molecule has 0 aromatic heterocycles. The minimum absolute atomic E-state index is 0.0621. The number of carbonyl (C=O) groups excluding carboxylic acids is 1. The number of carbonyl (C=O) groups is 1. The number of para-hydroxylation sites is 1. The largest absolute Gasteiger partial charge is 0.490 e. The molecule has 112 valence electrons. The summed E-state index contributed by atoms with van der Waals surface area (Å²) in [5.41, 5.74) is 0.519. The molecule has 0 saturated carbocycles. The smallest absolute Gasteiger partial charge is 0.163 e. The lowest BCUT2D eigenvalue weighted by Crippen LogP contribution is -2.92. The van der Waals surface area contributed by atoms with Gasteiger partial charge in [-0.15, -0.1) is 0 Å². The second-order valence-electron chi connectivity index (χ2n) is 4.84. The highest BCUT2D eigenvalue weighted by Gasteiger charge is 2.14. The van der Waals surface area contributed by atoms with Crippen molar-refractivity contribution in [3.8, 4) is 5.75 Å². The van der Waals surface area contributed by atoms with Crippen LogP contribution in [0.3, 0.4) is 0 Å². The molecule has 0 aliphatic heterocycles. The van der Waals surface area contributed by atoms with Crippen LogP contribution in [0.1, 0.15) is 30.6 Å². The van der Waals surface area contributed by atoms with Crippen LogP contribution in [0.25, 0.3) is 0 Å². The number of hydrogen-bond donors (Lipinski definition) is 3. The van der Waals surface area contributed by atoms with Gasteiger partial charge in [-0.1, -0.05) is 19.1 Å². The summed E-state index contributed by atoms with van der Waals surface area (Å²) in [5.74, 6) is 0.432. The SMILES string of the molecule is CC[C@@H](CO)[NH2+]C[C@H](O)COc1ccccc1C(C)=O. The predicted octanol–water partition coefficient (Wildman–Crippen LogP) is -0.0368. The Morgan fingerprint density at radius 3 is 2.70 bits per heavy atom. The number of hydrogen-bond acceptors (Lipinski definition) is 4. The first-order chi connectivity index (χ1) is 9.58. The molecule has 5 heteroatoms. The van der Waals surface area contributed by atoms with Gasteiger partial charge in [-0.05, 0) is 25.5 Å². The van der Waals surface area contributed by atoms with Crippen LogP contribution >= 0.6 is 0 Å². The number of benzene rings is 1. The number of ether oxygens (including phenoxy) is 1. The zero-order chi connectivity index (χ0) is 15.0. The van der Waals surface area contributed by atoms with Crippen molar-refractivity contribution in [2.45, 2.75) is 32.4 Å². The third-order valence-corrected chi connectivity index (χ3v) is 3.20. The van der Waals surface area contributed by atoms with E-state index in [4.69, 9.17) is 9.84 Å². The van der Waals surface area contributed by atoms with Gasteiger partial charge in [0.15, 0.2) is 5.78 Å². The Bertz CT molecular complexity index is 418. The van der Waals surface area contributed by atoms with Crippen LogP contribution in [0, 0.1) is 0 Å². The highest BCUT2D eigenvalue weighted by Crippen LogP contribution is 2.18. The molecule has 20 heavy (non-hydrogen) atoms. The summed E-state index contributed by atoms with van der Waals surface area (Å²) < 4.78 is 5.51. The highest BCUT2D eigenvalue weighted by molar-refractivity contribution is 5.96. The number of nitrogens with two attached hydrogens (primary N) is 1. The monoisotopic (exact) mass is 282 g/mol. The van der Waals surface area contributed by atoms with E-state index in [0.29, 0.717) is 17.9 Å². The maximum atomic E-state index is 11.4. The van der Waals surface area contributed by atoms with E-state index in [2.05, 4.69) is 0 Å². The number of aliphatic hydroxyl groups is 2. The molecule has 0 saturated heterocycles. The summed E-state index contributed by atoms with van der Waals surface area (Å²) in [6.45, 7) is 4.16. The first-order valence-corrected chi connectivity index (χ1v) is 6.93. The molecule has 0 radical (unpaired) electrons. The first kappa shape index (κ1) is 16.6. The summed E-state index contributed by atoms with van der Waals surface area (Å²) in [6, 6.07) is 7.10. The molecule has 0 heterocycles. The zero-order valence-corrected chi connectivity index (χ0v) is 12.1. The lowest BCUT2D eigenvalue weighted by Gasteiger charge is -2.16. The Labute approximate surface area is 119 Å². The van der Waals surface area contributed by atoms with Crippen molar-refractivity contribution >= 4 is 5.78 Å². The van der Waals surface area contributed by atoms with E-state index in [-0.39, 0.29) is 25.0 Å². The number of rotatable bonds is 9. The molecule has 1 rings (SSSR count). The number of aliphatic hydroxyl groups excluding tert-OH is 2. The molecule has 0 fully saturated rings. The first-order valence-electron chi connectivity index (χ1n) is 6.93. The second-order valence-corrected chi connectivity index (χ2v) is 4.84. The van der Waals surface area contributed by atoms with E-state index < -0.39 is 6.10 Å². The summed E-state index contributed by atoms with van der Waals surface area (Å²) in [5, 5.41) is 20.8. The minimum atomic E-state index is -0.643. The molecule has 1 aromatic rings. The molecule has 0 aliphatic carbocycles. The van der Waals surface area contributed by atoms with E-state index >= 15 is 0 Å². The Hall–Kier alpha value is -1.43. The third kappa shape index (κ3) is 5.28. The summed E-state index contributed by atoms with van der Waals surface area (Å²) in [7, 11) is 0. The normalized spacial score (nSPS) is 13.8. The molecule has 4 N–H and O–H groups in total. The van der Waals surface area contributed by atoms with E-state index in [1.807, 2.05) is 12.2 Å². The van der Waals surface area contributed by atoms with Crippen LogP contribution in [0.5, 0.6) is 5.75 Å². The minimum Gasteiger partial charge on any atom is -0.490 e. The van der Waals surface area contributed by atoms with Crippen LogP contribution in [0.15, 0.2) is 24.3 Å². The lowest BCUT2D eigenvalue weighted by molar-refractivity contribution is -0.696. The average Bonchev–Trinajstić information content (AvgIpc) is 2.46. The Balaban J connectivity index is 2.45. The van der Waals surface area contributed by atoms with Crippen molar-refractivity contribution < 1.29 is 25.1 Å². The van der Waals surface area contributed by atoms with Gasteiger partial charge in [0.2, 0.25) is 0 Å². The van der Waals surface area contributed by atoms with Crippen molar-refractivity contribution in [1.82, 2.24) is 0 Å². The van der Waals surface area contributed by atoms with Crippen molar-refractivity contribution in [2.24, 2.45) is 0 Å². The van der Waals surface area contributed by atoms with Crippen molar-refractivity contribution in [3.63, 3.8) is 0 Å². The van der Waals surface area contributed by atoms with E-state index in [0.717, 1.165) is 6.42 Å². The van der Waals surface area contributed by atoms with Gasteiger partial charge in [0, 0.05) is 0 Å². The lowest BCUT2D eigenvalue weighted by atomic mass is 10.1. The molecule has 2 atom stereocenters. The van der Waals surface area contributed by atoms with E-state index in [1.54, 1.807) is 24.3 Å². The van der Waals surface area contributed by atoms with Crippen molar-refractivity contribution in [3.05, 3.63) is 29.8 Å². The number of quaternary nitrogens is 1. The Morgan fingerprint density at radius 1 is 1.40 bits per heavy atom. The maximum Gasteiger partial charge on any atom is 0.163 e. The van der Waals surface area contributed by atoms with Crippen LogP contribution in [-0.4, -0.2) is 47.9 Å². The topological polar surface area (TPSA) is 83.4 Å². The molecule has 0 spiro atoms. The molecular formula is C15H24NO4+. The van der Waals surface area contributed by atoms with Crippen LogP contribution < -0.4 is 10.1 Å². The molecule has 0 aliphatic rings. The summed E-state index contributed by atoms with van der Waals surface area (Å²) in [4.78, 5) is 11.4. The molecule has 5 nitrogen and oxygen atoms in total.